The van der Waals surface area contributed by atoms with Crippen LogP contribution < -0.4 is 0 Å². The number of rotatable bonds is 1. The maximum Gasteiger partial charge on any atom is 0.0703 e. The molecule has 1 rings (SSSR count). The van der Waals surface area contributed by atoms with E-state index in [-0.39, 0.29) is 0 Å². The van der Waals surface area contributed by atoms with E-state index in [0.717, 1.165) is 19.8 Å². The highest BCUT2D eigenvalue weighted by molar-refractivity contribution is 5.01. The topological polar surface area (TPSA) is 6.48 Å². The Hall–Kier alpha value is -0.500. The predicted molar refractivity (Wildman–Crippen MR) is 43.6 cm³/mol. The highest BCUT2D eigenvalue weighted by Gasteiger charge is 2.10. The molecule has 0 aromatic heterocycles. The van der Waals surface area contributed by atoms with E-state index in [1.165, 1.54) is 5.70 Å². The highest BCUT2D eigenvalue weighted by atomic mass is 15.3. The maximum absolute atomic E-state index is 2.36. The third-order valence-corrected chi connectivity index (χ3v) is 1.99. The molecule has 0 N–H and O–H groups in total. The lowest BCUT2D eigenvalue weighted by molar-refractivity contribution is 0.190. The first-order valence-electron chi connectivity index (χ1n) is 3.84. The zero-order chi connectivity index (χ0) is 7.56. The Labute approximate surface area is 63.1 Å². The Morgan fingerprint density at radius 3 is 2.80 bits per heavy atom. The van der Waals surface area contributed by atoms with Gasteiger partial charge in [0.15, 0.2) is 0 Å². The van der Waals surface area contributed by atoms with Crippen LogP contribution in [0.1, 0.15) is 13.8 Å². The molecular weight excluding hydrogens is 124 g/mol. The maximum atomic E-state index is 2.36. The number of allylic oxidation sites excluding steroid dienone is 1. The van der Waals surface area contributed by atoms with E-state index >= 15 is 0 Å². The SMILES string of the molecule is CCN1CN(C)CC=C1C. The summed E-state index contributed by atoms with van der Waals surface area (Å²) in [5.74, 6) is 0. The van der Waals surface area contributed by atoms with Crippen molar-refractivity contribution in [3.8, 4) is 0 Å². The fourth-order valence-electron chi connectivity index (χ4n) is 1.23. The standard InChI is InChI=1S/C8H16N2/c1-4-10-7-9(3)6-5-8(10)2/h5H,4,6-7H2,1-3H3. The number of hydrogen-bond acceptors (Lipinski definition) is 2. The Kier molecular flexibility index (Phi) is 2.33. The molecular formula is C8H16N2. The summed E-state index contributed by atoms with van der Waals surface area (Å²) >= 11 is 0. The molecule has 0 aromatic rings. The van der Waals surface area contributed by atoms with Crippen LogP contribution in [0.4, 0.5) is 0 Å². The summed E-state index contributed by atoms with van der Waals surface area (Å²) in [7, 11) is 2.14. The Morgan fingerprint density at radius 2 is 2.30 bits per heavy atom. The first-order valence-corrected chi connectivity index (χ1v) is 3.84. The van der Waals surface area contributed by atoms with Gasteiger partial charge in [-0.1, -0.05) is 6.08 Å². The summed E-state index contributed by atoms with van der Waals surface area (Å²) in [6.07, 6.45) is 2.27. The molecule has 0 unspecified atom stereocenters. The van der Waals surface area contributed by atoms with Gasteiger partial charge in [-0.05, 0) is 20.9 Å². The summed E-state index contributed by atoms with van der Waals surface area (Å²) in [6, 6.07) is 0. The second-order valence-electron chi connectivity index (χ2n) is 2.88. The fourth-order valence-corrected chi connectivity index (χ4v) is 1.23. The molecule has 0 bridgehead atoms. The summed E-state index contributed by atoms with van der Waals surface area (Å²) in [6.45, 7) is 7.67. The molecule has 10 heavy (non-hydrogen) atoms. The molecule has 2 heteroatoms. The largest absolute Gasteiger partial charge is 0.363 e. The van der Waals surface area contributed by atoms with Crippen molar-refractivity contribution in [1.82, 2.24) is 9.80 Å². The molecule has 0 radical (unpaired) electrons. The monoisotopic (exact) mass is 140 g/mol. The smallest absolute Gasteiger partial charge is 0.0703 e. The van der Waals surface area contributed by atoms with E-state index in [2.05, 4.69) is 36.8 Å². The van der Waals surface area contributed by atoms with Crippen LogP contribution in [0, 0.1) is 0 Å². The number of nitrogens with zero attached hydrogens (tertiary/aromatic N) is 2. The predicted octanol–water partition coefficient (Wildman–Crippen LogP) is 1.12. The van der Waals surface area contributed by atoms with Gasteiger partial charge in [-0.2, -0.15) is 0 Å². The van der Waals surface area contributed by atoms with E-state index in [1.807, 2.05) is 0 Å². The van der Waals surface area contributed by atoms with Gasteiger partial charge in [0, 0.05) is 18.8 Å². The molecule has 1 heterocycles. The molecule has 0 saturated heterocycles. The number of likely N-dealkylation sites (N-methyl/N-ethyl adjacent to an activating group) is 1. The molecule has 0 amide bonds. The van der Waals surface area contributed by atoms with Crippen LogP contribution in [0.25, 0.3) is 0 Å². The molecule has 2 nitrogen and oxygen atoms in total. The molecule has 1 aliphatic heterocycles. The van der Waals surface area contributed by atoms with Crippen LogP contribution >= 0.6 is 0 Å². The van der Waals surface area contributed by atoms with E-state index in [9.17, 15) is 0 Å². The van der Waals surface area contributed by atoms with Crippen molar-refractivity contribution in [1.29, 1.82) is 0 Å². The van der Waals surface area contributed by atoms with E-state index < -0.39 is 0 Å². The van der Waals surface area contributed by atoms with Gasteiger partial charge in [-0.3, -0.25) is 4.90 Å². The van der Waals surface area contributed by atoms with Crippen molar-refractivity contribution >= 4 is 0 Å². The van der Waals surface area contributed by atoms with E-state index in [4.69, 9.17) is 0 Å². The molecule has 0 atom stereocenters. The third kappa shape index (κ3) is 1.51. The van der Waals surface area contributed by atoms with Crippen molar-refractivity contribution in [2.75, 3.05) is 26.8 Å². The van der Waals surface area contributed by atoms with Gasteiger partial charge in [-0.15, -0.1) is 0 Å². The normalized spacial score (nSPS) is 21.1. The molecule has 0 aliphatic carbocycles. The van der Waals surface area contributed by atoms with Gasteiger partial charge in [0.25, 0.3) is 0 Å². The van der Waals surface area contributed by atoms with Crippen molar-refractivity contribution < 1.29 is 0 Å². The minimum atomic E-state index is 1.08. The Bertz CT molecular complexity index is 140. The third-order valence-electron chi connectivity index (χ3n) is 1.99. The molecule has 0 aromatic carbocycles. The molecule has 0 saturated carbocycles. The molecule has 58 valence electrons. The second kappa shape index (κ2) is 3.06. The highest BCUT2D eigenvalue weighted by Crippen LogP contribution is 2.08. The van der Waals surface area contributed by atoms with Crippen LogP contribution in [-0.2, 0) is 0 Å². The van der Waals surface area contributed by atoms with Gasteiger partial charge in [0.2, 0.25) is 0 Å². The summed E-state index contributed by atoms with van der Waals surface area (Å²) in [5, 5.41) is 0. The molecule has 0 fully saturated rings. The van der Waals surface area contributed by atoms with E-state index in [0.29, 0.717) is 0 Å². The lowest BCUT2D eigenvalue weighted by Gasteiger charge is -2.33. The van der Waals surface area contributed by atoms with Crippen LogP contribution in [0.5, 0.6) is 0 Å². The molecule has 1 aliphatic rings. The quantitative estimate of drug-likeness (QED) is 0.538. The van der Waals surface area contributed by atoms with Crippen molar-refractivity contribution in [2.45, 2.75) is 13.8 Å². The Balaban J connectivity index is 2.56. The first kappa shape index (κ1) is 7.61. The Morgan fingerprint density at radius 1 is 1.60 bits per heavy atom. The van der Waals surface area contributed by atoms with Crippen LogP contribution in [0.3, 0.4) is 0 Å². The van der Waals surface area contributed by atoms with Crippen molar-refractivity contribution in [3.05, 3.63) is 11.8 Å². The summed E-state index contributed by atoms with van der Waals surface area (Å²) < 4.78 is 0. The van der Waals surface area contributed by atoms with Gasteiger partial charge in [-0.25, -0.2) is 0 Å². The van der Waals surface area contributed by atoms with Gasteiger partial charge < -0.3 is 4.90 Å². The summed E-state index contributed by atoms with van der Waals surface area (Å²) in [4.78, 5) is 4.67. The molecule has 0 spiro atoms. The van der Waals surface area contributed by atoms with E-state index in [1.54, 1.807) is 0 Å². The lowest BCUT2D eigenvalue weighted by Crippen LogP contribution is -2.38. The van der Waals surface area contributed by atoms with Gasteiger partial charge >= 0.3 is 0 Å². The minimum Gasteiger partial charge on any atom is -0.363 e. The zero-order valence-corrected chi connectivity index (χ0v) is 7.09. The van der Waals surface area contributed by atoms with Gasteiger partial charge in [0.1, 0.15) is 0 Å². The van der Waals surface area contributed by atoms with Crippen LogP contribution in [0.2, 0.25) is 0 Å². The summed E-state index contributed by atoms with van der Waals surface area (Å²) in [5.41, 5.74) is 1.42. The van der Waals surface area contributed by atoms with Crippen LogP contribution in [-0.4, -0.2) is 36.6 Å². The van der Waals surface area contributed by atoms with Crippen LogP contribution in [0.15, 0.2) is 11.8 Å². The zero-order valence-electron chi connectivity index (χ0n) is 7.09. The fraction of sp³-hybridized carbons (Fsp3) is 0.750. The van der Waals surface area contributed by atoms with Crippen molar-refractivity contribution in [3.63, 3.8) is 0 Å². The number of hydrogen-bond donors (Lipinski definition) is 0. The minimum absolute atomic E-state index is 1.08. The average molecular weight is 140 g/mol. The lowest BCUT2D eigenvalue weighted by atomic mass is 10.3. The first-order chi connectivity index (χ1) is 4.74. The average Bonchev–Trinajstić information content (AvgIpc) is 1.94. The van der Waals surface area contributed by atoms with Crippen molar-refractivity contribution in [2.24, 2.45) is 0 Å². The van der Waals surface area contributed by atoms with Gasteiger partial charge in [0.05, 0.1) is 6.67 Å². The second-order valence-corrected chi connectivity index (χ2v) is 2.88.